The van der Waals surface area contributed by atoms with E-state index in [1.807, 2.05) is 0 Å². The number of nitrogens with one attached hydrogen (secondary N) is 1. The molecule has 0 spiro atoms. The van der Waals surface area contributed by atoms with Gasteiger partial charge >= 0.3 is 0 Å². The number of benzene rings is 1. The second-order valence-corrected chi connectivity index (χ2v) is 5.28. The molecule has 5 nitrogen and oxygen atoms in total. The molecule has 1 N–H and O–H groups in total. The van der Waals surface area contributed by atoms with Gasteiger partial charge in [-0.3, -0.25) is 15.0 Å². The molecule has 0 aliphatic carbocycles. The van der Waals surface area contributed by atoms with Gasteiger partial charge in [0.25, 0.3) is 11.5 Å². The average Bonchev–Trinajstić information content (AvgIpc) is 2.50. The zero-order valence-corrected chi connectivity index (χ0v) is 12.6. The summed E-state index contributed by atoms with van der Waals surface area (Å²) in [6.45, 7) is 0. The first-order valence-electron chi connectivity index (χ1n) is 6.30. The molecule has 0 radical (unpaired) electrons. The summed E-state index contributed by atoms with van der Waals surface area (Å²) in [6.07, 6.45) is 1.53. The fraction of sp³-hybridized carbons (Fsp3) is 0. The molecule has 0 aliphatic rings. The van der Waals surface area contributed by atoms with Gasteiger partial charge in [-0.2, -0.15) is 4.68 Å². The number of aromatic nitrogens is 2. The molecule has 0 atom stereocenters. The maximum Gasteiger partial charge on any atom is 0.273 e. The summed E-state index contributed by atoms with van der Waals surface area (Å²) in [4.78, 5) is 28.5. The highest BCUT2D eigenvalue weighted by atomic mass is 35.5. The Hall–Kier alpha value is -2.37. The molecule has 7 heteroatoms. The van der Waals surface area contributed by atoms with Crippen LogP contribution in [0.2, 0.25) is 10.0 Å². The molecule has 22 heavy (non-hydrogen) atoms. The Balaban J connectivity index is 2.09. The second kappa shape index (κ2) is 5.79. The van der Waals surface area contributed by atoms with E-state index in [-0.39, 0.29) is 15.6 Å². The number of amides is 1. The summed E-state index contributed by atoms with van der Waals surface area (Å²) in [7, 11) is 0. The average molecular weight is 334 g/mol. The Morgan fingerprint density at radius 2 is 1.77 bits per heavy atom. The van der Waals surface area contributed by atoms with E-state index in [4.69, 9.17) is 23.2 Å². The predicted octanol–water partition coefficient (Wildman–Crippen LogP) is 3.09. The van der Waals surface area contributed by atoms with Gasteiger partial charge in [0.05, 0.1) is 15.6 Å². The van der Waals surface area contributed by atoms with Gasteiger partial charge in [-0.25, -0.2) is 4.98 Å². The minimum atomic E-state index is -0.587. The number of fused-ring (bicyclic) bond motifs is 1. The van der Waals surface area contributed by atoms with Crippen LogP contribution in [0.15, 0.2) is 53.5 Å². The standard InChI is InChI=1S/C15H9Cl2N3O2/c16-10-4-1-5-11(17)13(10)15(22)19-20-12(21)7-6-9-3-2-8-18-14(9)20/h1-8H,(H,19,22). The van der Waals surface area contributed by atoms with E-state index < -0.39 is 11.5 Å². The highest BCUT2D eigenvalue weighted by Crippen LogP contribution is 2.24. The summed E-state index contributed by atoms with van der Waals surface area (Å²) >= 11 is 12.0. The van der Waals surface area contributed by atoms with E-state index in [0.717, 1.165) is 4.68 Å². The largest absolute Gasteiger partial charge is 0.273 e. The SMILES string of the molecule is O=C(Nn1c(=O)ccc2cccnc21)c1c(Cl)cccc1Cl. The van der Waals surface area contributed by atoms with Crippen molar-refractivity contribution in [2.75, 3.05) is 5.43 Å². The number of nitrogens with zero attached hydrogens (tertiary/aromatic N) is 2. The molecule has 3 rings (SSSR count). The van der Waals surface area contributed by atoms with Crippen LogP contribution in [-0.2, 0) is 0 Å². The van der Waals surface area contributed by atoms with Gasteiger partial charge in [0.1, 0.15) is 0 Å². The van der Waals surface area contributed by atoms with Gasteiger partial charge in [0.2, 0.25) is 0 Å². The van der Waals surface area contributed by atoms with E-state index >= 15 is 0 Å². The number of hydrogen-bond donors (Lipinski definition) is 1. The predicted molar refractivity (Wildman–Crippen MR) is 86.2 cm³/mol. The fourth-order valence-corrected chi connectivity index (χ4v) is 2.62. The first-order chi connectivity index (χ1) is 10.6. The number of halogens is 2. The highest BCUT2D eigenvalue weighted by molar-refractivity contribution is 6.40. The van der Waals surface area contributed by atoms with Gasteiger partial charge in [-0.05, 0) is 30.3 Å². The third-order valence-corrected chi connectivity index (χ3v) is 3.69. The van der Waals surface area contributed by atoms with Crippen LogP contribution >= 0.6 is 23.2 Å². The van der Waals surface area contributed by atoms with Crippen molar-refractivity contribution in [1.82, 2.24) is 9.66 Å². The summed E-state index contributed by atoms with van der Waals surface area (Å²) in [6, 6.07) is 11.2. The molecular formula is C15H9Cl2N3O2. The van der Waals surface area contributed by atoms with Gasteiger partial charge in [0.15, 0.2) is 5.65 Å². The van der Waals surface area contributed by atoms with E-state index in [9.17, 15) is 9.59 Å². The summed E-state index contributed by atoms with van der Waals surface area (Å²) < 4.78 is 1.07. The molecule has 0 fully saturated rings. The van der Waals surface area contributed by atoms with Crippen molar-refractivity contribution in [1.29, 1.82) is 0 Å². The van der Waals surface area contributed by atoms with Crippen molar-refractivity contribution in [3.63, 3.8) is 0 Å². The Labute approximate surface area is 135 Å². The van der Waals surface area contributed by atoms with Crippen LogP contribution in [0.1, 0.15) is 10.4 Å². The summed E-state index contributed by atoms with van der Waals surface area (Å²) in [5.74, 6) is -0.587. The molecule has 1 aromatic carbocycles. The van der Waals surface area contributed by atoms with Crippen molar-refractivity contribution in [3.05, 3.63) is 74.6 Å². The highest BCUT2D eigenvalue weighted by Gasteiger charge is 2.16. The third kappa shape index (κ3) is 2.56. The van der Waals surface area contributed by atoms with Gasteiger partial charge in [-0.15, -0.1) is 0 Å². The molecule has 0 aliphatic heterocycles. The summed E-state index contributed by atoms with van der Waals surface area (Å²) in [5.41, 5.74) is 2.51. The van der Waals surface area contributed by atoms with Gasteiger partial charge in [0, 0.05) is 17.6 Å². The molecule has 110 valence electrons. The Morgan fingerprint density at radius 3 is 2.50 bits per heavy atom. The number of rotatable bonds is 2. The van der Waals surface area contributed by atoms with Crippen molar-refractivity contribution in [2.45, 2.75) is 0 Å². The first-order valence-corrected chi connectivity index (χ1v) is 7.05. The van der Waals surface area contributed by atoms with E-state index in [1.165, 1.54) is 12.3 Å². The first kappa shape index (κ1) is 14.6. The molecule has 2 heterocycles. The lowest BCUT2D eigenvalue weighted by molar-refractivity contribution is 0.101. The van der Waals surface area contributed by atoms with Gasteiger partial charge < -0.3 is 0 Å². The maximum absolute atomic E-state index is 12.4. The van der Waals surface area contributed by atoms with Crippen LogP contribution in [-0.4, -0.2) is 15.6 Å². The molecule has 0 saturated heterocycles. The normalized spacial score (nSPS) is 10.6. The smallest absolute Gasteiger partial charge is 0.267 e. The van der Waals surface area contributed by atoms with Crippen LogP contribution in [0.4, 0.5) is 0 Å². The van der Waals surface area contributed by atoms with E-state index in [2.05, 4.69) is 10.4 Å². The van der Waals surface area contributed by atoms with Crippen LogP contribution < -0.4 is 11.0 Å². The number of pyridine rings is 2. The van der Waals surface area contributed by atoms with Crippen LogP contribution in [0.25, 0.3) is 11.0 Å². The fourth-order valence-electron chi connectivity index (χ4n) is 2.05. The molecule has 0 saturated carbocycles. The minimum Gasteiger partial charge on any atom is -0.267 e. The summed E-state index contributed by atoms with van der Waals surface area (Å²) in [5, 5.41) is 1.12. The Morgan fingerprint density at radius 1 is 1.05 bits per heavy atom. The zero-order valence-electron chi connectivity index (χ0n) is 11.1. The monoisotopic (exact) mass is 333 g/mol. The minimum absolute atomic E-state index is 0.102. The second-order valence-electron chi connectivity index (χ2n) is 4.46. The Kier molecular flexibility index (Phi) is 3.83. The lowest BCUT2D eigenvalue weighted by Gasteiger charge is -2.12. The topological polar surface area (TPSA) is 64.0 Å². The van der Waals surface area contributed by atoms with Crippen molar-refractivity contribution in [2.24, 2.45) is 0 Å². The van der Waals surface area contributed by atoms with E-state index in [0.29, 0.717) is 11.0 Å². The van der Waals surface area contributed by atoms with Crippen LogP contribution in [0, 0.1) is 0 Å². The van der Waals surface area contributed by atoms with Crippen LogP contribution in [0.3, 0.4) is 0 Å². The number of carbonyl (C=O) groups excluding carboxylic acids is 1. The molecule has 0 unspecified atom stereocenters. The molecule has 1 amide bonds. The molecule has 3 aromatic rings. The number of hydrogen-bond acceptors (Lipinski definition) is 3. The molecular weight excluding hydrogens is 325 g/mol. The maximum atomic E-state index is 12.4. The van der Waals surface area contributed by atoms with Gasteiger partial charge in [-0.1, -0.05) is 29.3 Å². The third-order valence-electron chi connectivity index (χ3n) is 3.06. The zero-order chi connectivity index (χ0) is 15.7. The lowest BCUT2D eigenvalue weighted by Crippen LogP contribution is -2.33. The Bertz CT molecular complexity index is 917. The van der Waals surface area contributed by atoms with E-state index in [1.54, 1.807) is 36.4 Å². The van der Waals surface area contributed by atoms with Crippen molar-refractivity contribution >= 4 is 40.1 Å². The van der Waals surface area contributed by atoms with Crippen molar-refractivity contribution < 1.29 is 4.79 Å². The molecule has 2 aromatic heterocycles. The van der Waals surface area contributed by atoms with Crippen molar-refractivity contribution in [3.8, 4) is 0 Å². The quantitative estimate of drug-likeness (QED) is 0.783. The molecule has 0 bridgehead atoms. The van der Waals surface area contributed by atoms with Crippen LogP contribution in [0.5, 0.6) is 0 Å². The number of carbonyl (C=O) groups is 1. The lowest BCUT2D eigenvalue weighted by atomic mass is 10.2.